The summed E-state index contributed by atoms with van der Waals surface area (Å²) in [5.74, 6) is -0.0337. The third-order valence-electron chi connectivity index (χ3n) is 4.86. The van der Waals surface area contributed by atoms with Gasteiger partial charge in [0.1, 0.15) is 5.78 Å². The zero-order chi connectivity index (χ0) is 20.4. The van der Waals surface area contributed by atoms with Crippen LogP contribution in [0.3, 0.4) is 0 Å². The minimum absolute atomic E-state index is 0.0170. The highest BCUT2D eigenvalue weighted by atomic mass is 32.2. The fourth-order valence-electron chi connectivity index (χ4n) is 3.39. The minimum atomic E-state index is -4.63. The molecule has 0 aliphatic carbocycles. The number of ketones is 1. The normalized spacial score (nSPS) is 19.0. The van der Waals surface area contributed by atoms with E-state index in [0.717, 1.165) is 23.8 Å². The molecule has 0 N–H and O–H groups in total. The van der Waals surface area contributed by atoms with Crippen molar-refractivity contribution in [1.29, 1.82) is 0 Å². The molecule has 1 aliphatic heterocycles. The second kappa shape index (κ2) is 8.05. The summed E-state index contributed by atoms with van der Waals surface area (Å²) < 4.78 is 66.2. The average Bonchev–Trinajstić information content (AvgIpc) is 2.66. The Hall–Kier alpha value is -2.19. The van der Waals surface area contributed by atoms with Crippen LogP contribution in [-0.2, 0) is 27.4 Å². The van der Waals surface area contributed by atoms with Crippen LogP contribution in [0.5, 0.6) is 0 Å². The van der Waals surface area contributed by atoms with Crippen LogP contribution in [0.4, 0.5) is 13.2 Å². The Labute approximate surface area is 162 Å². The van der Waals surface area contributed by atoms with Crippen LogP contribution >= 0.6 is 0 Å². The van der Waals surface area contributed by atoms with Crippen molar-refractivity contribution in [2.24, 2.45) is 0 Å². The van der Waals surface area contributed by atoms with Gasteiger partial charge >= 0.3 is 6.18 Å². The summed E-state index contributed by atoms with van der Waals surface area (Å²) in [6.45, 7) is -0.0170. The molecule has 2 aromatic rings. The van der Waals surface area contributed by atoms with Gasteiger partial charge in [-0.05, 0) is 36.6 Å². The molecule has 0 bridgehead atoms. The van der Waals surface area contributed by atoms with Crippen LogP contribution in [0.25, 0.3) is 0 Å². The van der Waals surface area contributed by atoms with Gasteiger partial charge in [-0.25, -0.2) is 8.42 Å². The van der Waals surface area contributed by atoms with E-state index in [0.29, 0.717) is 18.9 Å². The van der Waals surface area contributed by atoms with Crippen LogP contribution < -0.4 is 0 Å². The van der Waals surface area contributed by atoms with Gasteiger partial charge in [0.15, 0.2) is 0 Å². The first-order valence-corrected chi connectivity index (χ1v) is 10.4. The number of rotatable bonds is 5. The lowest BCUT2D eigenvalue weighted by Gasteiger charge is -2.34. The molecule has 0 spiro atoms. The lowest BCUT2D eigenvalue weighted by Crippen LogP contribution is -2.46. The second-order valence-electron chi connectivity index (χ2n) is 6.81. The van der Waals surface area contributed by atoms with Crippen molar-refractivity contribution < 1.29 is 26.4 Å². The van der Waals surface area contributed by atoms with E-state index in [1.54, 1.807) is 0 Å². The lowest BCUT2D eigenvalue weighted by molar-refractivity contribution is -0.137. The molecule has 1 unspecified atom stereocenters. The van der Waals surface area contributed by atoms with Gasteiger partial charge in [0.2, 0.25) is 10.0 Å². The standard InChI is InChI=1S/C20H20F3NO3S/c21-20(22,23)16-7-4-8-19(13-16)28(26,27)24-12-11-18(25)14-17(24)10-9-15-5-2-1-3-6-15/h1-8,13,17H,9-12,14H2. The molecule has 2 aromatic carbocycles. The zero-order valence-electron chi connectivity index (χ0n) is 15.0. The molecule has 0 radical (unpaired) electrons. The fourth-order valence-corrected chi connectivity index (χ4v) is 5.09. The van der Waals surface area contributed by atoms with Crippen molar-refractivity contribution in [2.75, 3.05) is 6.54 Å². The number of hydrogen-bond acceptors (Lipinski definition) is 3. The Bertz CT molecular complexity index is 943. The van der Waals surface area contributed by atoms with Gasteiger partial charge in [-0.1, -0.05) is 36.4 Å². The summed E-state index contributed by atoms with van der Waals surface area (Å²) >= 11 is 0. The quantitative estimate of drug-likeness (QED) is 0.746. The number of carbonyl (C=O) groups excluding carboxylic acids is 1. The maximum Gasteiger partial charge on any atom is 0.416 e. The summed E-state index contributed by atoms with van der Waals surface area (Å²) in [5, 5.41) is 0. The van der Waals surface area contributed by atoms with Crippen LogP contribution in [0.15, 0.2) is 59.5 Å². The molecule has 1 fully saturated rings. The average molecular weight is 411 g/mol. The fraction of sp³-hybridized carbons (Fsp3) is 0.350. The molecular formula is C20H20F3NO3S. The number of nitrogens with zero attached hydrogens (tertiary/aromatic N) is 1. The number of sulfonamides is 1. The number of carbonyl (C=O) groups is 1. The summed E-state index contributed by atoms with van der Waals surface area (Å²) in [6, 6.07) is 12.6. The number of halogens is 3. The van der Waals surface area contributed by atoms with Gasteiger partial charge in [0, 0.05) is 25.4 Å². The van der Waals surface area contributed by atoms with Crippen molar-refractivity contribution in [3.05, 3.63) is 65.7 Å². The molecule has 1 atom stereocenters. The Morgan fingerprint density at radius 2 is 1.75 bits per heavy atom. The maximum atomic E-state index is 13.0. The van der Waals surface area contributed by atoms with Crippen molar-refractivity contribution in [3.8, 4) is 0 Å². The van der Waals surface area contributed by atoms with E-state index >= 15 is 0 Å². The number of piperidine rings is 1. The number of hydrogen-bond donors (Lipinski definition) is 0. The predicted molar refractivity (Wildman–Crippen MR) is 98.1 cm³/mol. The summed E-state index contributed by atoms with van der Waals surface area (Å²) in [6.07, 6.45) is -3.48. The van der Waals surface area contributed by atoms with E-state index in [1.165, 1.54) is 4.31 Å². The summed E-state index contributed by atoms with van der Waals surface area (Å²) in [5.41, 5.74) is -0.000523. The number of aryl methyl sites for hydroxylation is 1. The van der Waals surface area contributed by atoms with Crippen LogP contribution in [-0.4, -0.2) is 31.1 Å². The van der Waals surface area contributed by atoms with Gasteiger partial charge < -0.3 is 0 Å². The van der Waals surface area contributed by atoms with Gasteiger partial charge in [-0.2, -0.15) is 17.5 Å². The Morgan fingerprint density at radius 1 is 1.04 bits per heavy atom. The SMILES string of the molecule is O=C1CCN(S(=O)(=O)c2cccc(C(F)(F)F)c2)C(CCc2ccccc2)C1. The zero-order valence-corrected chi connectivity index (χ0v) is 15.8. The highest BCUT2D eigenvalue weighted by Crippen LogP contribution is 2.32. The first kappa shape index (κ1) is 20.5. The first-order chi connectivity index (χ1) is 13.2. The molecule has 0 amide bonds. The molecule has 1 aliphatic rings. The molecule has 3 rings (SSSR count). The van der Waals surface area contributed by atoms with Crippen LogP contribution in [0.1, 0.15) is 30.4 Å². The van der Waals surface area contributed by atoms with Gasteiger partial charge in [-0.15, -0.1) is 0 Å². The number of alkyl halides is 3. The Kier molecular flexibility index (Phi) is 5.90. The van der Waals surface area contributed by atoms with Crippen molar-refractivity contribution in [1.82, 2.24) is 4.31 Å². The molecule has 0 saturated carbocycles. The van der Waals surface area contributed by atoms with Crippen molar-refractivity contribution in [3.63, 3.8) is 0 Å². The number of benzene rings is 2. The molecule has 1 saturated heterocycles. The lowest BCUT2D eigenvalue weighted by atomic mass is 9.97. The third kappa shape index (κ3) is 4.62. The molecular weight excluding hydrogens is 391 g/mol. The monoisotopic (exact) mass is 411 g/mol. The topological polar surface area (TPSA) is 54.5 Å². The molecule has 150 valence electrons. The number of Topliss-reactive ketones (excluding diaryl/α,β-unsaturated/α-hetero) is 1. The second-order valence-corrected chi connectivity index (χ2v) is 8.70. The Morgan fingerprint density at radius 3 is 2.43 bits per heavy atom. The highest BCUT2D eigenvalue weighted by Gasteiger charge is 2.37. The van der Waals surface area contributed by atoms with E-state index in [1.807, 2.05) is 30.3 Å². The Balaban J connectivity index is 1.86. The molecule has 0 aromatic heterocycles. The van der Waals surface area contributed by atoms with Gasteiger partial charge in [0.25, 0.3) is 0 Å². The minimum Gasteiger partial charge on any atom is -0.300 e. The first-order valence-electron chi connectivity index (χ1n) is 8.92. The highest BCUT2D eigenvalue weighted by molar-refractivity contribution is 7.89. The molecule has 1 heterocycles. The smallest absolute Gasteiger partial charge is 0.300 e. The van der Waals surface area contributed by atoms with Crippen molar-refractivity contribution >= 4 is 15.8 Å². The van der Waals surface area contributed by atoms with E-state index < -0.39 is 32.7 Å². The van der Waals surface area contributed by atoms with E-state index in [4.69, 9.17) is 0 Å². The molecule has 8 heteroatoms. The summed E-state index contributed by atoms with van der Waals surface area (Å²) in [7, 11) is -4.14. The largest absolute Gasteiger partial charge is 0.416 e. The van der Waals surface area contributed by atoms with Crippen molar-refractivity contribution in [2.45, 2.75) is 42.8 Å². The van der Waals surface area contributed by atoms with E-state index in [9.17, 15) is 26.4 Å². The van der Waals surface area contributed by atoms with E-state index in [2.05, 4.69) is 0 Å². The van der Waals surface area contributed by atoms with Gasteiger partial charge in [-0.3, -0.25) is 4.79 Å². The van der Waals surface area contributed by atoms with E-state index in [-0.39, 0.29) is 25.2 Å². The molecule has 28 heavy (non-hydrogen) atoms. The predicted octanol–water partition coefficient (Wildman–Crippen LogP) is 4.06. The third-order valence-corrected chi connectivity index (χ3v) is 6.81. The molecule has 4 nitrogen and oxygen atoms in total. The van der Waals surface area contributed by atoms with Crippen LogP contribution in [0.2, 0.25) is 0 Å². The summed E-state index contributed by atoms with van der Waals surface area (Å²) in [4.78, 5) is 11.5. The van der Waals surface area contributed by atoms with Crippen LogP contribution in [0, 0.1) is 0 Å². The maximum absolute atomic E-state index is 13.0. The van der Waals surface area contributed by atoms with Gasteiger partial charge in [0.05, 0.1) is 10.5 Å².